The monoisotopic (exact) mass is 242 g/mol. The average Bonchev–Trinajstić information content (AvgIpc) is 2.49. The molecule has 2 heteroatoms. The third kappa shape index (κ3) is 1.77. The quantitative estimate of drug-likeness (QED) is 0.697. The first-order valence-corrected chi connectivity index (χ1v) is 7.09. The molecule has 0 aromatic carbocycles. The van der Waals surface area contributed by atoms with E-state index >= 15 is 0 Å². The van der Waals surface area contributed by atoms with Crippen molar-refractivity contribution < 1.29 is 4.79 Å². The first-order valence-electron chi connectivity index (χ1n) is 5.87. The topological polar surface area (TPSA) is 17.1 Å². The molecule has 0 N–H and O–H groups in total. The highest BCUT2D eigenvalue weighted by Gasteiger charge is 2.30. The number of Topliss-reactive ketones (excluding diaryl/α,β-unsaturated/α-hetero) is 1. The lowest BCUT2D eigenvalue weighted by Gasteiger charge is -2.09. The lowest BCUT2D eigenvalue weighted by molar-refractivity contribution is -0.114. The summed E-state index contributed by atoms with van der Waals surface area (Å²) in [6.07, 6.45) is 15.3. The van der Waals surface area contributed by atoms with Crippen molar-refractivity contribution in [3.63, 3.8) is 0 Å². The summed E-state index contributed by atoms with van der Waals surface area (Å²) in [4.78, 5) is 13.3. The Labute approximate surface area is 106 Å². The zero-order valence-electron chi connectivity index (χ0n) is 9.82. The minimum Gasteiger partial charge on any atom is -0.294 e. The Bertz CT molecular complexity index is 541. The van der Waals surface area contributed by atoms with E-state index in [1.807, 2.05) is 6.08 Å². The van der Waals surface area contributed by atoms with E-state index in [-0.39, 0.29) is 5.78 Å². The van der Waals surface area contributed by atoms with E-state index < -0.39 is 0 Å². The van der Waals surface area contributed by atoms with Crippen LogP contribution in [0.3, 0.4) is 0 Å². The molecule has 86 valence electrons. The van der Waals surface area contributed by atoms with Crippen molar-refractivity contribution in [3.8, 4) is 0 Å². The molecule has 17 heavy (non-hydrogen) atoms. The summed E-state index contributed by atoms with van der Waals surface area (Å²) in [6.45, 7) is 0. The average molecular weight is 242 g/mol. The normalized spacial score (nSPS) is 22.6. The number of allylic oxidation sites excluding steroid dienone is 10. The Balaban J connectivity index is 2.17. The number of carbonyl (C=O) groups excluding carboxylic acids is 1. The van der Waals surface area contributed by atoms with Gasteiger partial charge in [-0.2, -0.15) is 0 Å². The molecule has 0 aliphatic heterocycles. The number of thioether (sulfide) groups is 1. The van der Waals surface area contributed by atoms with Gasteiger partial charge in [0.2, 0.25) is 0 Å². The molecular formula is C15H14OS. The van der Waals surface area contributed by atoms with Gasteiger partial charge in [0.25, 0.3) is 0 Å². The van der Waals surface area contributed by atoms with E-state index in [0.29, 0.717) is 6.42 Å². The summed E-state index contributed by atoms with van der Waals surface area (Å²) in [5.41, 5.74) is 4.67. The van der Waals surface area contributed by atoms with E-state index in [4.69, 9.17) is 0 Å². The van der Waals surface area contributed by atoms with Crippen molar-refractivity contribution >= 4 is 17.5 Å². The predicted molar refractivity (Wildman–Crippen MR) is 72.8 cm³/mol. The minimum atomic E-state index is 0.269. The van der Waals surface area contributed by atoms with Crippen molar-refractivity contribution in [1.29, 1.82) is 0 Å². The first kappa shape index (κ1) is 10.8. The fraction of sp³-hybridized carbons (Fsp3) is 0.267. The number of rotatable bonds is 1. The molecule has 0 heterocycles. The Morgan fingerprint density at radius 2 is 2.12 bits per heavy atom. The molecule has 0 aromatic heterocycles. The van der Waals surface area contributed by atoms with Gasteiger partial charge in [0.15, 0.2) is 5.78 Å². The van der Waals surface area contributed by atoms with Crippen molar-refractivity contribution in [2.24, 2.45) is 0 Å². The second-order valence-corrected chi connectivity index (χ2v) is 5.39. The van der Waals surface area contributed by atoms with E-state index in [1.54, 1.807) is 11.8 Å². The van der Waals surface area contributed by atoms with Crippen LogP contribution >= 0.6 is 11.8 Å². The molecule has 1 nitrogen and oxygen atoms in total. The molecule has 0 radical (unpaired) electrons. The van der Waals surface area contributed by atoms with Crippen LogP contribution < -0.4 is 0 Å². The second-order valence-electron chi connectivity index (χ2n) is 4.46. The molecule has 3 aliphatic rings. The van der Waals surface area contributed by atoms with Crippen LogP contribution in [0.2, 0.25) is 0 Å². The van der Waals surface area contributed by atoms with Crippen LogP contribution in [0, 0.1) is 0 Å². The summed E-state index contributed by atoms with van der Waals surface area (Å²) in [5.74, 6) is 0.269. The lowest BCUT2D eigenvalue weighted by Crippen LogP contribution is -1.97. The molecule has 0 amide bonds. The molecule has 3 rings (SSSR count). The zero-order valence-corrected chi connectivity index (χ0v) is 10.6. The summed E-state index contributed by atoms with van der Waals surface area (Å²) in [6, 6.07) is 0. The molecule has 0 unspecified atom stereocenters. The highest BCUT2D eigenvalue weighted by Crippen LogP contribution is 2.41. The molecular weight excluding hydrogens is 228 g/mol. The third-order valence-corrected chi connectivity index (χ3v) is 4.25. The molecule has 0 saturated carbocycles. The molecule has 0 atom stereocenters. The van der Waals surface area contributed by atoms with Crippen molar-refractivity contribution in [1.82, 2.24) is 0 Å². The van der Waals surface area contributed by atoms with E-state index in [0.717, 1.165) is 18.4 Å². The lowest BCUT2D eigenvalue weighted by atomic mass is 9.97. The minimum absolute atomic E-state index is 0.269. The summed E-state index contributed by atoms with van der Waals surface area (Å²) < 4.78 is 0. The Hall–Kier alpha value is -1.28. The van der Waals surface area contributed by atoms with Gasteiger partial charge in [-0.05, 0) is 40.4 Å². The van der Waals surface area contributed by atoms with Gasteiger partial charge in [-0.25, -0.2) is 0 Å². The Morgan fingerprint density at radius 3 is 2.94 bits per heavy atom. The first-order chi connectivity index (χ1) is 8.29. The third-order valence-electron chi connectivity index (χ3n) is 3.45. The largest absolute Gasteiger partial charge is 0.294 e. The fourth-order valence-electron chi connectivity index (χ4n) is 2.61. The van der Waals surface area contributed by atoms with Gasteiger partial charge in [0.1, 0.15) is 0 Å². The van der Waals surface area contributed by atoms with Crippen LogP contribution in [-0.2, 0) is 4.79 Å². The number of ketones is 1. The van der Waals surface area contributed by atoms with Gasteiger partial charge in [-0.3, -0.25) is 4.79 Å². The van der Waals surface area contributed by atoms with Gasteiger partial charge in [-0.1, -0.05) is 24.3 Å². The van der Waals surface area contributed by atoms with Crippen LogP contribution in [-0.4, -0.2) is 12.0 Å². The second kappa shape index (κ2) is 4.19. The van der Waals surface area contributed by atoms with Gasteiger partial charge in [0.05, 0.1) is 0 Å². The molecule has 0 aromatic rings. The van der Waals surface area contributed by atoms with Gasteiger partial charge in [-0.15, -0.1) is 11.8 Å². The van der Waals surface area contributed by atoms with E-state index in [2.05, 4.69) is 30.6 Å². The highest BCUT2D eigenvalue weighted by molar-refractivity contribution is 8.02. The predicted octanol–water partition coefficient (Wildman–Crippen LogP) is 3.72. The van der Waals surface area contributed by atoms with Gasteiger partial charge >= 0.3 is 0 Å². The maximum Gasteiger partial charge on any atom is 0.167 e. The molecule has 0 spiro atoms. The summed E-state index contributed by atoms with van der Waals surface area (Å²) >= 11 is 1.77. The van der Waals surface area contributed by atoms with Gasteiger partial charge < -0.3 is 0 Å². The van der Waals surface area contributed by atoms with Crippen LogP contribution in [0.5, 0.6) is 0 Å². The van der Waals surface area contributed by atoms with E-state index in [1.165, 1.54) is 21.6 Å². The standard InChI is InChI=1S/C15H14OS/c1-17-12-6-7-13-14(16)9-11-5-3-2-4-10(8-12)15(11)13/h3-7H,2,8-9H2,1H3. The Kier molecular flexibility index (Phi) is 2.67. The number of carbonyl (C=O) groups is 1. The number of hydrogen-bond acceptors (Lipinski definition) is 2. The van der Waals surface area contributed by atoms with Crippen LogP contribution in [0.15, 0.2) is 57.6 Å². The summed E-state index contributed by atoms with van der Waals surface area (Å²) in [7, 11) is 0. The summed E-state index contributed by atoms with van der Waals surface area (Å²) in [5, 5.41) is 0. The van der Waals surface area contributed by atoms with Crippen LogP contribution in [0.4, 0.5) is 0 Å². The van der Waals surface area contributed by atoms with E-state index in [9.17, 15) is 4.79 Å². The zero-order chi connectivity index (χ0) is 11.8. The SMILES string of the molecule is CSC1=CC=C2C(=O)CC3=C2C(=CCC=C3)C1. The maximum absolute atomic E-state index is 12.0. The molecule has 0 saturated heterocycles. The van der Waals surface area contributed by atoms with Gasteiger partial charge in [0, 0.05) is 18.4 Å². The van der Waals surface area contributed by atoms with Crippen molar-refractivity contribution in [2.45, 2.75) is 19.3 Å². The highest BCUT2D eigenvalue weighted by atomic mass is 32.2. The van der Waals surface area contributed by atoms with Crippen LogP contribution in [0.25, 0.3) is 0 Å². The molecule has 0 fully saturated rings. The van der Waals surface area contributed by atoms with Crippen molar-refractivity contribution in [3.05, 3.63) is 57.6 Å². The van der Waals surface area contributed by atoms with Crippen molar-refractivity contribution in [2.75, 3.05) is 6.26 Å². The van der Waals surface area contributed by atoms with Crippen LogP contribution in [0.1, 0.15) is 19.3 Å². The molecule has 3 aliphatic carbocycles. The number of hydrogen-bond donors (Lipinski definition) is 0. The maximum atomic E-state index is 12.0. The Morgan fingerprint density at radius 1 is 1.24 bits per heavy atom. The fourth-order valence-corrected chi connectivity index (χ4v) is 3.12. The smallest absolute Gasteiger partial charge is 0.167 e. The molecule has 0 bridgehead atoms.